The monoisotopic (exact) mass is 329 g/mol. The Balaban J connectivity index is 2.11. The van der Waals surface area contributed by atoms with Crippen molar-refractivity contribution in [3.05, 3.63) is 34.1 Å². The summed E-state index contributed by atoms with van der Waals surface area (Å²) in [6, 6.07) is 5.08. The molecule has 1 aromatic heterocycles. The lowest BCUT2D eigenvalue weighted by atomic mass is 10.1. The molecule has 0 unspecified atom stereocenters. The molecule has 0 fully saturated rings. The highest BCUT2D eigenvalue weighted by Gasteiger charge is 2.18. The summed E-state index contributed by atoms with van der Waals surface area (Å²) in [5.41, 5.74) is -0.137. The zero-order chi connectivity index (χ0) is 15.6. The van der Waals surface area contributed by atoms with Crippen molar-refractivity contribution >= 4 is 23.2 Å². The zero-order valence-electron chi connectivity index (χ0n) is 12.1. The maximum absolute atomic E-state index is 9.77. The summed E-state index contributed by atoms with van der Waals surface area (Å²) in [5.74, 6) is 0.811. The van der Waals surface area contributed by atoms with E-state index in [0.717, 1.165) is 0 Å². The molecule has 2 aromatic rings. The maximum Gasteiger partial charge on any atom is 0.249 e. The van der Waals surface area contributed by atoms with Gasteiger partial charge in [-0.3, -0.25) is 4.90 Å². The minimum absolute atomic E-state index is 0.350. The first kappa shape index (κ1) is 16.2. The first-order valence-corrected chi connectivity index (χ1v) is 7.19. The third-order valence-corrected chi connectivity index (χ3v) is 3.24. The number of aliphatic hydroxyl groups is 1. The van der Waals surface area contributed by atoms with E-state index < -0.39 is 5.60 Å². The predicted octanol–water partition coefficient (Wildman–Crippen LogP) is 3.25. The minimum Gasteiger partial charge on any atom is -0.419 e. The molecule has 0 saturated carbocycles. The first-order chi connectivity index (χ1) is 9.74. The van der Waals surface area contributed by atoms with Gasteiger partial charge in [-0.25, -0.2) is 0 Å². The Labute approximate surface area is 133 Å². The summed E-state index contributed by atoms with van der Waals surface area (Å²) < 4.78 is 5.60. The van der Waals surface area contributed by atoms with Crippen LogP contribution in [0.3, 0.4) is 0 Å². The molecule has 0 aliphatic rings. The van der Waals surface area contributed by atoms with Gasteiger partial charge in [0.2, 0.25) is 11.8 Å². The van der Waals surface area contributed by atoms with Crippen molar-refractivity contribution in [2.24, 2.45) is 0 Å². The molecule has 7 heteroatoms. The number of rotatable bonds is 5. The fraction of sp³-hybridized carbons (Fsp3) is 0.429. The highest BCUT2D eigenvalue weighted by atomic mass is 35.5. The van der Waals surface area contributed by atoms with Crippen LogP contribution in [0.15, 0.2) is 22.6 Å². The van der Waals surface area contributed by atoms with Crippen molar-refractivity contribution < 1.29 is 9.52 Å². The van der Waals surface area contributed by atoms with Gasteiger partial charge in [0, 0.05) is 11.6 Å². The summed E-state index contributed by atoms with van der Waals surface area (Å²) in [7, 11) is 1.87. The van der Waals surface area contributed by atoms with Crippen molar-refractivity contribution in [1.29, 1.82) is 0 Å². The molecule has 1 aromatic carbocycles. The Morgan fingerprint density at radius 2 is 2.00 bits per heavy atom. The van der Waals surface area contributed by atoms with Crippen LogP contribution in [0.25, 0.3) is 11.5 Å². The van der Waals surface area contributed by atoms with Crippen LogP contribution < -0.4 is 0 Å². The van der Waals surface area contributed by atoms with Crippen LogP contribution in [0, 0.1) is 0 Å². The molecule has 1 heterocycles. The molecule has 0 bridgehead atoms. The third kappa shape index (κ3) is 4.68. The molecule has 0 aliphatic heterocycles. The normalized spacial score (nSPS) is 12.1. The van der Waals surface area contributed by atoms with E-state index in [0.29, 0.717) is 40.5 Å². The van der Waals surface area contributed by atoms with Gasteiger partial charge < -0.3 is 9.52 Å². The van der Waals surface area contributed by atoms with E-state index in [1.807, 2.05) is 11.9 Å². The number of nitrogens with zero attached hydrogens (tertiary/aromatic N) is 3. The van der Waals surface area contributed by atoms with Crippen LogP contribution >= 0.6 is 23.2 Å². The Kier molecular flexibility index (Phi) is 4.88. The largest absolute Gasteiger partial charge is 0.419 e. The van der Waals surface area contributed by atoms with Crippen molar-refractivity contribution in [3.8, 4) is 11.5 Å². The van der Waals surface area contributed by atoms with E-state index in [2.05, 4.69) is 10.2 Å². The molecule has 2 rings (SSSR count). The Morgan fingerprint density at radius 1 is 1.29 bits per heavy atom. The molecule has 5 nitrogen and oxygen atoms in total. The number of likely N-dealkylation sites (N-methyl/N-ethyl adjacent to an activating group) is 1. The molecular formula is C14H17Cl2N3O2. The molecular weight excluding hydrogens is 313 g/mol. The van der Waals surface area contributed by atoms with Crippen LogP contribution in [-0.2, 0) is 6.54 Å². The molecule has 1 N–H and O–H groups in total. The summed E-state index contributed by atoms with van der Waals surface area (Å²) in [5, 5.41) is 18.8. The molecule has 0 atom stereocenters. The molecule has 0 radical (unpaired) electrons. The lowest BCUT2D eigenvalue weighted by Gasteiger charge is -2.23. The number of benzene rings is 1. The SMILES string of the molecule is CN(Cc1nnc(-c2ccc(Cl)cc2Cl)o1)CC(C)(C)O. The second-order valence-electron chi connectivity index (χ2n) is 5.61. The first-order valence-electron chi connectivity index (χ1n) is 6.43. The molecule has 114 valence electrons. The Hall–Kier alpha value is -1.14. The lowest BCUT2D eigenvalue weighted by molar-refractivity contribution is 0.0403. The molecule has 21 heavy (non-hydrogen) atoms. The van der Waals surface area contributed by atoms with Gasteiger partial charge in [-0.15, -0.1) is 10.2 Å². The highest BCUT2D eigenvalue weighted by Crippen LogP contribution is 2.29. The Morgan fingerprint density at radius 3 is 2.62 bits per heavy atom. The van der Waals surface area contributed by atoms with Gasteiger partial charge >= 0.3 is 0 Å². The third-order valence-electron chi connectivity index (χ3n) is 2.69. The standard InChI is InChI=1S/C14H17Cl2N3O2/c1-14(2,20)8-19(3)7-12-17-18-13(21-12)10-5-4-9(15)6-11(10)16/h4-6,20H,7-8H2,1-3H3. The van der Waals surface area contributed by atoms with E-state index in [-0.39, 0.29) is 0 Å². The minimum atomic E-state index is -0.781. The average molecular weight is 330 g/mol. The van der Waals surface area contributed by atoms with E-state index in [9.17, 15) is 5.11 Å². The fourth-order valence-corrected chi connectivity index (χ4v) is 2.53. The number of hydrogen-bond donors (Lipinski definition) is 1. The van der Waals surface area contributed by atoms with Crippen LogP contribution in [0.2, 0.25) is 10.0 Å². The van der Waals surface area contributed by atoms with E-state index in [1.165, 1.54) is 0 Å². The van der Waals surface area contributed by atoms with Crippen LogP contribution in [0.5, 0.6) is 0 Å². The molecule has 0 amide bonds. The second-order valence-corrected chi connectivity index (χ2v) is 6.45. The summed E-state index contributed by atoms with van der Waals surface area (Å²) in [4.78, 5) is 1.90. The number of hydrogen-bond acceptors (Lipinski definition) is 5. The van der Waals surface area contributed by atoms with Gasteiger partial charge in [-0.05, 0) is 39.1 Å². The van der Waals surface area contributed by atoms with E-state index in [4.69, 9.17) is 27.6 Å². The van der Waals surface area contributed by atoms with Crippen LogP contribution in [0.1, 0.15) is 19.7 Å². The quantitative estimate of drug-likeness (QED) is 0.912. The lowest BCUT2D eigenvalue weighted by Crippen LogP contribution is -2.35. The van der Waals surface area contributed by atoms with Crippen molar-refractivity contribution in [1.82, 2.24) is 15.1 Å². The predicted molar refractivity (Wildman–Crippen MR) is 82.4 cm³/mol. The van der Waals surface area contributed by atoms with Crippen molar-refractivity contribution in [2.45, 2.75) is 26.0 Å². The summed E-state index contributed by atoms with van der Waals surface area (Å²) in [6.07, 6.45) is 0. The van der Waals surface area contributed by atoms with Crippen LogP contribution in [-0.4, -0.2) is 39.4 Å². The summed E-state index contributed by atoms with van der Waals surface area (Å²) in [6.45, 7) is 4.43. The number of halogens is 2. The van der Waals surface area contributed by atoms with Crippen molar-refractivity contribution in [2.75, 3.05) is 13.6 Å². The van der Waals surface area contributed by atoms with Gasteiger partial charge in [-0.2, -0.15) is 0 Å². The molecule has 0 spiro atoms. The van der Waals surface area contributed by atoms with Gasteiger partial charge in [0.1, 0.15) is 0 Å². The van der Waals surface area contributed by atoms with Gasteiger partial charge in [0.25, 0.3) is 0 Å². The zero-order valence-corrected chi connectivity index (χ0v) is 13.6. The van der Waals surface area contributed by atoms with E-state index >= 15 is 0 Å². The average Bonchev–Trinajstić information content (AvgIpc) is 2.74. The van der Waals surface area contributed by atoms with E-state index in [1.54, 1.807) is 32.0 Å². The van der Waals surface area contributed by atoms with Gasteiger partial charge in [0.15, 0.2) is 0 Å². The molecule has 0 saturated heterocycles. The van der Waals surface area contributed by atoms with Crippen molar-refractivity contribution in [3.63, 3.8) is 0 Å². The summed E-state index contributed by atoms with van der Waals surface area (Å²) >= 11 is 12.0. The van der Waals surface area contributed by atoms with Gasteiger partial charge in [-0.1, -0.05) is 23.2 Å². The molecule has 0 aliphatic carbocycles. The fourth-order valence-electron chi connectivity index (χ4n) is 2.04. The Bertz CT molecular complexity index is 623. The van der Waals surface area contributed by atoms with Gasteiger partial charge in [0.05, 0.1) is 22.7 Å². The maximum atomic E-state index is 9.77. The second kappa shape index (κ2) is 6.32. The topological polar surface area (TPSA) is 62.4 Å². The smallest absolute Gasteiger partial charge is 0.249 e. The number of aromatic nitrogens is 2. The van der Waals surface area contributed by atoms with Crippen LogP contribution in [0.4, 0.5) is 0 Å². The highest BCUT2D eigenvalue weighted by molar-refractivity contribution is 6.36.